The second kappa shape index (κ2) is 11.1. The molecule has 0 unspecified atom stereocenters. The number of amides is 3. The summed E-state index contributed by atoms with van der Waals surface area (Å²) in [6, 6.07) is 18.8. The van der Waals surface area contributed by atoms with Gasteiger partial charge in [-0.25, -0.2) is 4.79 Å². The molecule has 2 N–H and O–H groups in total. The topological polar surface area (TPSA) is 79.9 Å². The molecule has 3 aromatic rings. The van der Waals surface area contributed by atoms with Crippen LogP contribution in [0.5, 0.6) is 11.5 Å². The fourth-order valence-corrected chi connectivity index (χ4v) is 3.70. The highest BCUT2D eigenvalue weighted by atomic mass is 35.5. The number of halogens is 2. The fraction of sp³-hybridized carbons (Fsp3) is 0.200. The molecular formula is C25H23Cl2N3O4. The Labute approximate surface area is 207 Å². The van der Waals surface area contributed by atoms with Crippen molar-refractivity contribution < 1.29 is 19.1 Å². The molecule has 0 saturated carbocycles. The Bertz CT molecular complexity index is 1150. The van der Waals surface area contributed by atoms with Gasteiger partial charge in [0.25, 0.3) is 5.91 Å². The Balaban J connectivity index is 1.33. The van der Waals surface area contributed by atoms with Crippen LogP contribution in [0.1, 0.15) is 12.8 Å². The van der Waals surface area contributed by atoms with Crippen LogP contribution in [0, 0.1) is 0 Å². The molecule has 0 aromatic heterocycles. The maximum absolute atomic E-state index is 12.5. The second-order valence-electron chi connectivity index (χ2n) is 7.61. The van der Waals surface area contributed by atoms with Gasteiger partial charge in [-0.15, -0.1) is 0 Å². The zero-order valence-corrected chi connectivity index (χ0v) is 19.7. The van der Waals surface area contributed by atoms with Gasteiger partial charge in [-0.05, 0) is 79.6 Å². The highest BCUT2D eigenvalue weighted by Gasteiger charge is 2.25. The van der Waals surface area contributed by atoms with Gasteiger partial charge in [-0.1, -0.05) is 23.2 Å². The summed E-state index contributed by atoms with van der Waals surface area (Å²) in [5.41, 5.74) is 1.78. The van der Waals surface area contributed by atoms with Crippen LogP contribution in [0.4, 0.5) is 21.9 Å². The molecule has 34 heavy (non-hydrogen) atoms. The highest BCUT2D eigenvalue weighted by molar-refractivity contribution is 6.30. The number of urea groups is 1. The Hall–Kier alpha value is -3.42. The summed E-state index contributed by atoms with van der Waals surface area (Å²) in [5, 5.41) is 6.77. The van der Waals surface area contributed by atoms with Crippen molar-refractivity contribution >= 4 is 52.2 Å². The predicted molar refractivity (Wildman–Crippen MR) is 135 cm³/mol. The summed E-state index contributed by atoms with van der Waals surface area (Å²) in [7, 11) is 0. The molecule has 0 radical (unpaired) electrons. The standard InChI is InChI=1S/C25H23Cl2N3O4/c26-17-3-7-19(8-4-17)28-25(32)29-20-9-12-23-22(15-20)30(24(31)16-34-23)13-1-2-14-33-21-10-5-18(27)6-11-21/h3-12,15H,1-2,13-14,16H2,(H2,28,29,32). The summed E-state index contributed by atoms with van der Waals surface area (Å²) in [6.07, 6.45) is 1.51. The lowest BCUT2D eigenvalue weighted by Crippen LogP contribution is -2.39. The third-order valence-electron chi connectivity index (χ3n) is 5.12. The number of fused-ring (bicyclic) bond motifs is 1. The van der Waals surface area contributed by atoms with E-state index in [-0.39, 0.29) is 12.5 Å². The molecule has 7 nitrogen and oxygen atoms in total. The van der Waals surface area contributed by atoms with E-state index in [2.05, 4.69) is 10.6 Å². The van der Waals surface area contributed by atoms with Crippen molar-refractivity contribution in [2.75, 3.05) is 35.3 Å². The average molecular weight is 500 g/mol. The van der Waals surface area contributed by atoms with Crippen LogP contribution in [-0.2, 0) is 4.79 Å². The van der Waals surface area contributed by atoms with E-state index in [1.54, 1.807) is 59.5 Å². The molecule has 1 heterocycles. The van der Waals surface area contributed by atoms with Gasteiger partial charge >= 0.3 is 6.03 Å². The number of anilines is 3. The van der Waals surface area contributed by atoms with Crippen molar-refractivity contribution in [3.63, 3.8) is 0 Å². The zero-order valence-electron chi connectivity index (χ0n) is 18.2. The summed E-state index contributed by atoms with van der Waals surface area (Å²) in [5.74, 6) is 1.22. The van der Waals surface area contributed by atoms with Gasteiger partial charge in [0.2, 0.25) is 0 Å². The van der Waals surface area contributed by atoms with E-state index >= 15 is 0 Å². The first-order valence-electron chi connectivity index (χ1n) is 10.8. The number of carbonyl (C=O) groups excluding carboxylic acids is 2. The quantitative estimate of drug-likeness (QED) is 0.360. The first-order valence-corrected chi connectivity index (χ1v) is 11.5. The molecule has 4 rings (SSSR count). The fourth-order valence-electron chi connectivity index (χ4n) is 3.44. The van der Waals surface area contributed by atoms with E-state index in [0.717, 1.165) is 18.6 Å². The molecule has 0 bridgehead atoms. The third-order valence-corrected chi connectivity index (χ3v) is 5.62. The molecule has 0 atom stereocenters. The smallest absolute Gasteiger partial charge is 0.323 e. The first kappa shape index (κ1) is 23.7. The minimum atomic E-state index is -0.406. The highest BCUT2D eigenvalue weighted by Crippen LogP contribution is 2.35. The molecule has 0 aliphatic carbocycles. The lowest BCUT2D eigenvalue weighted by atomic mass is 10.2. The van der Waals surface area contributed by atoms with Crippen molar-refractivity contribution in [2.24, 2.45) is 0 Å². The average Bonchev–Trinajstić information content (AvgIpc) is 2.83. The number of nitrogens with one attached hydrogen (secondary N) is 2. The van der Waals surface area contributed by atoms with E-state index in [4.69, 9.17) is 32.7 Å². The molecule has 1 aliphatic heterocycles. The minimum Gasteiger partial charge on any atom is -0.494 e. The number of carbonyl (C=O) groups is 2. The van der Waals surface area contributed by atoms with E-state index in [9.17, 15) is 9.59 Å². The molecule has 1 aliphatic rings. The van der Waals surface area contributed by atoms with E-state index in [0.29, 0.717) is 46.0 Å². The molecule has 0 fully saturated rings. The van der Waals surface area contributed by atoms with Crippen molar-refractivity contribution in [1.29, 1.82) is 0 Å². The van der Waals surface area contributed by atoms with E-state index in [1.807, 2.05) is 12.1 Å². The lowest BCUT2D eigenvalue weighted by Gasteiger charge is -2.30. The Kier molecular flexibility index (Phi) is 7.77. The zero-order chi connectivity index (χ0) is 23.9. The Morgan fingerprint density at radius 1 is 0.912 bits per heavy atom. The summed E-state index contributed by atoms with van der Waals surface area (Å²) < 4.78 is 11.3. The van der Waals surface area contributed by atoms with Gasteiger partial charge in [0, 0.05) is 28.0 Å². The number of ether oxygens (including phenoxy) is 2. The molecule has 9 heteroatoms. The van der Waals surface area contributed by atoms with E-state index < -0.39 is 6.03 Å². The normalized spacial score (nSPS) is 12.5. The van der Waals surface area contributed by atoms with Crippen LogP contribution >= 0.6 is 23.2 Å². The van der Waals surface area contributed by atoms with Crippen molar-refractivity contribution in [1.82, 2.24) is 0 Å². The van der Waals surface area contributed by atoms with Crippen LogP contribution in [0.25, 0.3) is 0 Å². The van der Waals surface area contributed by atoms with Crippen molar-refractivity contribution in [3.05, 3.63) is 76.8 Å². The predicted octanol–water partition coefficient (Wildman–Crippen LogP) is 6.22. The summed E-state index contributed by atoms with van der Waals surface area (Å²) in [4.78, 5) is 26.6. The van der Waals surface area contributed by atoms with Gasteiger partial charge in [-0.3, -0.25) is 4.79 Å². The number of rotatable bonds is 8. The maximum Gasteiger partial charge on any atom is 0.323 e. The van der Waals surface area contributed by atoms with E-state index in [1.165, 1.54) is 0 Å². The Morgan fingerprint density at radius 2 is 1.56 bits per heavy atom. The molecule has 3 aromatic carbocycles. The van der Waals surface area contributed by atoms with Gasteiger partial charge in [0.05, 0.1) is 12.3 Å². The third kappa shape index (κ3) is 6.34. The second-order valence-corrected chi connectivity index (χ2v) is 8.48. The number of hydrogen-bond donors (Lipinski definition) is 2. The van der Waals surface area contributed by atoms with Gasteiger partial charge in [0.1, 0.15) is 11.5 Å². The van der Waals surface area contributed by atoms with Gasteiger partial charge < -0.3 is 25.0 Å². The monoisotopic (exact) mass is 499 g/mol. The molecule has 3 amide bonds. The van der Waals surface area contributed by atoms with Crippen LogP contribution in [-0.4, -0.2) is 31.7 Å². The molecule has 0 spiro atoms. The maximum atomic E-state index is 12.5. The minimum absolute atomic E-state index is 0.0158. The Morgan fingerprint density at radius 3 is 2.29 bits per heavy atom. The lowest BCUT2D eigenvalue weighted by molar-refractivity contribution is -0.121. The number of nitrogens with zero attached hydrogens (tertiary/aromatic N) is 1. The number of unbranched alkanes of at least 4 members (excludes halogenated alkanes) is 1. The number of hydrogen-bond acceptors (Lipinski definition) is 4. The summed E-state index contributed by atoms with van der Waals surface area (Å²) in [6.45, 7) is 1.02. The van der Waals surface area contributed by atoms with Crippen molar-refractivity contribution in [3.8, 4) is 11.5 Å². The van der Waals surface area contributed by atoms with Crippen LogP contribution in [0.15, 0.2) is 66.7 Å². The SMILES string of the molecule is O=C(Nc1ccc(Cl)cc1)Nc1ccc2c(c1)N(CCCCOc1ccc(Cl)cc1)C(=O)CO2. The van der Waals surface area contributed by atoms with Crippen molar-refractivity contribution in [2.45, 2.75) is 12.8 Å². The van der Waals surface area contributed by atoms with Crippen LogP contribution < -0.4 is 25.0 Å². The molecular weight excluding hydrogens is 477 g/mol. The number of benzene rings is 3. The van der Waals surface area contributed by atoms with Gasteiger partial charge in [-0.2, -0.15) is 0 Å². The van der Waals surface area contributed by atoms with Crippen LogP contribution in [0.3, 0.4) is 0 Å². The molecule has 176 valence electrons. The largest absolute Gasteiger partial charge is 0.494 e. The molecule has 0 saturated heterocycles. The van der Waals surface area contributed by atoms with Gasteiger partial charge in [0.15, 0.2) is 6.61 Å². The van der Waals surface area contributed by atoms with Crippen LogP contribution in [0.2, 0.25) is 10.0 Å². The first-order chi connectivity index (χ1) is 16.5. The summed E-state index contributed by atoms with van der Waals surface area (Å²) >= 11 is 11.8.